The first-order valence-corrected chi connectivity index (χ1v) is 9.84. The number of urea groups is 1. The zero-order valence-corrected chi connectivity index (χ0v) is 17.2. The molecule has 0 saturated carbocycles. The van der Waals surface area contributed by atoms with Gasteiger partial charge in [0.25, 0.3) is 5.91 Å². The number of rotatable bonds is 6. The van der Waals surface area contributed by atoms with Crippen molar-refractivity contribution < 1.29 is 19.1 Å². The van der Waals surface area contributed by atoms with Crippen LogP contribution in [0.15, 0.2) is 54.6 Å². The summed E-state index contributed by atoms with van der Waals surface area (Å²) in [5.74, 6) is -0.242. The topological polar surface area (TPSA) is 109 Å². The molecule has 8 heteroatoms. The Balaban J connectivity index is 1.37. The molecular formula is C23H22N4O4. The standard InChI is InChI=1S/C23H22N4O4/c1-14-11-15(18-5-3-4-6-19(18)24-14)13-31-17-9-7-16(8-10-17)25-20(28)12-23(2)21(29)26-22(30)27-23/h3-11H,12-13H2,1-2H3,(H,25,28)(H2,26,27,29,30). The normalized spacial score (nSPS) is 17.9. The van der Waals surface area contributed by atoms with Gasteiger partial charge in [0.2, 0.25) is 5.91 Å². The van der Waals surface area contributed by atoms with Gasteiger partial charge >= 0.3 is 6.03 Å². The van der Waals surface area contributed by atoms with E-state index >= 15 is 0 Å². The molecule has 31 heavy (non-hydrogen) atoms. The van der Waals surface area contributed by atoms with Gasteiger partial charge in [-0.15, -0.1) is 0 Å². The number of fused-ring (bicyclic) bond motifs is 1. The number of aromatic nitrogens is 1. The number of carbonyl (C=O) groups excluding carboxylic acids is 3. The smallest absolute Gasteiger partial charge is 0.322 e. The quantitative estimate of drug-likeness (QED) is 0.533. The lowest BCUT2D eigenvalue weighted by Gasteiger charge is -2.19. The Bertz CT molecular complexity index is 1180. The summed E-state index contributed by atoms with van der Waals surface area (Å²) < 4.78 is 5.92. The first-order chi connectivity index (χ1) is 14.8. The van der Waals surface area contributed by atoms with E-state index in [2.05, 4.69) is 20.9 Å². The lowest BCUT2D eigenvalue weighted by molar-refractivity contribution is -0.127. The Morgan fingerprint density at radius 2 is 1.87 bits per heavy atom. The average molecular weight is 418 g/mol. The molecule has 2 heterocycles. The molecule has 0 aliphatic carbocycles. The van der Waals surface area contributed by atoms with Crippen LogP contribution in [0.2, 0.25) is 0 Å². The largest absolute Gasteiger partial charge is 0.489 e. The van der Waals surface area contributed by atoms with Crippen molar-refractivity contribution in [2.75, 3.05) is 5.32 Å². The number of hydrogen-bond donors (Lipinski definition) is 3. The molecule has 1 aliphatic heterocycles. The van der Waals surface area contributed by atoms with E-state index in [9.17, 15) is 14.4 Å². The number of carbonyl (C=O) groups is 3. The van der Waals surface area contributed by atoms with Crippen LogP contribution in [0.25, 0.3) is 10.9 Å². The van der Waals surface area contributed by atoms with Gasteiger partial charge in [-0.2, -0.15) is 0 Å². The highest BCUT2D eigenvalue weighted by Gasteiger charge is 2.43. The van der Waals surface area contributed by atoms with Gasteiger partial charge in [-0.3, -0.25) is 19.9 Å². The molecule has 1 atom stereocenters. The number of aryl methyl sites for hydroxylation is 1. The van der Waals surface area contributed by atoms with E-state index in [0.717, 1.165) is 22.2 Å². The maximum Gasteiger partial charge on any atom is 0.322 e. The molecule has 0 bridgehead atoms. The number of imide groups is 1. The molecule has 1 unspecified atom stereocenters. The summed E-state index contributed by atoms with van der Waals surface area (Å²) in [6.45, 7) is 3.85. The minimum Gasteiger partial charge on any atom is -0.489 e. The van der Waals surface area contributed by atoms with Crippen LogP contribution in [-0.2, 0) is 16.2 Å². The third-order valence-corrected chi connectivity index (χ3v) is 5.09. The van der Waals surface area contributed by atoms with Crippen LogP contribution in [0.4, 0.5) is 10.5 Å². The molecule has 158 valence electrons. The molecule has 3 N–H and O–H groups in total. The summed E-state index contributed by atoms with van der Waals surface area (Å²) in [4.78, 5) is 40.0. The van der Waals surface area contributed by atoms with E-state index in [4.69, 9.17) is 4.74 Å². The van der Waals surface area contributed by atoms with E-state index in [1.165, 1.54) is 6.92 Å². The van der Waals surface area contributed by atoms with Gasteiger partial charge in [-0.25, -0.2) is 4.79 Å². The number of hydrogen-bond acceptors (Lipinski definition) is 5. The summed E-state index contributed by atoms with van der Waals surface area (Å²) in [5.41, 5.74) is 2.22. The fourth-order valence-corrected chi connectivity index (χ4v) is 3.54. The monoisotopic (exact) mass is 418 g/mol. The van der Waals surface area contributed by atoms with Gasteiger partial charge in [0.15, 0.2) is 0 Å². The van der Waals surface area contributed by atoms with E-state index in [-0.39, 0.29) is 12.3 Å². The first kappa shape index (κ1) is 20.3. The van der Waals surface area contributed by atoms with Crippen LogP contribution in [0.3, 0.4) is 0 Å². The number of para-hydroxylation sites is 1. The minimum absolute atomic E-state index is 0.169. The van der Waals surface area contributed by atoms with Crippen molar-refractivity contribution >= 4 is 34.4 Å². The van der Waals surface area contributed by atoms with Gasteiger partial charge < -0.3 is 15.4 Å². The highest BCUT2D eigenvalue weighted by molar-refractivity contribution is 6.09. The number of amides is 4. The van der Waals surface area contributed by atoms with Crippen molar-refractivity contribution in [2.45, 2.75) is 32.4 Å². The lowest BCUT2D eigenvalue weighted by atomic mass is 9.98. The predicted molar refractivity (Wildman–Crippen MR) is 116 cm³/mol. The molecule has 8 nitrogen and oxygen atoms in total. The third-order valence-electron chi connectivity index (χ3n) is 5.09. The second kappa shape index (κ2) is 8.06. The summed E-state index contributed by atoms with van der Waals surface area (Å²) >= 11 is 0. The van der Waals surface area contributed by atoms with E-state index in [1.54, 1.807) is 24.3 Å². The molecule has 1 aromatic heterocycles. The van der Waals surface area contributed by atoms with Gasteiger partial charge in [-0.1, -0.05) is 18.2 Å². The van der Waals surface area contributed by atoms with Crippen molar-refractivity contribution in [3.05, 3.63) is 65.9 Å². The highest BCUT2D eigenvalue weighted by atomic mass is 16.5. The highest BCUT2D eigenvalue weighted by Crippen LogP contribution is 2.22. The Morgan fingerprint density at radius 3 is 2.58 bits per heavy atom. The number of benzene rings is 2. The number of nitrogens with zero attached hydrogens (tertiary/aromatic N) is 1. The van der Waals surface area contributed by atoms with Crippen LogP contribution in [0.5, 0.6) is 5.75 Å². The van der Waals surface area contributed by atoms with E-state index < -0.39 is 17.5 Å². The van der Waals surface area contributed by atoms with Crippen LogP contribution in [0, 0.1) is 6.92 Å². The number of pyridine rings is 1. The van der Waals surface area contributed by atoms with Crippen LogP contribution < -0.4 is 20.7 Å². The van der Waals surface area contributed by atoms with Gasteiger partial charge in [0, 0.05) is 22.3 Å². The predicted octanol–water partition coefficient (Wildman–Crippen LogP) is 3.05. The van der Waals surface area contributed by atoms with E-state index in [0.29, 0.717) is 18.0 Å². The zero-order valence-electron chi connectivity index (χ0n) is 17.2. The van der Waals surface area contributed by atoms with Crippen molar-refractivity contribution in [2.24, 2.45) is 0 Å². The molecule has 4 rings (SSSR count). The second-order valence-electron chi connectivity index (χ2n) is 7.72. The zero-order chi connectivity index (χ0) is 22.0. The molecule has 4 amide bonds. The fraction of sp³-hybridized carbons (Fsp3) is 0.217. The molecule has 0 radical (unpaired) electrons. The van der Waals surface area contributed by atoms with Gasteiger partial charge in [-0.05, 0) is 50.2 Å². The molecule has 1 saturated heterocycles. The number of ether oxygens (including phenoxy) is 1. The van der Waals surface area contributed by atoms with Crippen molar-refractivity contribution in [3.8, 4) is 5.75 Å². The third kappa shape index (κ3) is 4.48. The molecular weight excluding hydrogens is 396 g/mol. The summed E-state index contributed by atoms with van der Waals surface area (Å²) in [6, 6.07) is 16.3. The number of anilines is 1. The average Bonchev–Trinajstić information content (AvgIpc) is 2.97. The first-order valence-electron chi connectivity index (χ1n) is 9.84. The molecule has 2 aromatic carbocycles. The summed E-state index contributed by atoms with van der Waals surface area (Å²) in [6.07, 6.45) is -0.169. The minimum atomic E-state index is -1.25. The molecule has 3 aromatic rings. The van der Waals surface area contributed by atoms with Crippen LogP contribution >= 0.6 is 0 Å². The van der Waals surface area contributed by atoms with Crippen molar-refractivity contribution in [1.82, 2.24) is 15.6 Å². The Labute approximate surface area is 179 Å². The van der Waals surface area contributed by atoms with Gasteiger partial charge in [0.05, 0.1) is 11.9 Å². The maximum atomic E-state index is 12.3. The molecule has 1 aliphatic rings. The van der Waals surface area contributed by atoms with Crippen LogP contribution in [0.1, 0.15) is 24.6 Å². The maximum absolute atomic E-state index is 12.3. The number of nitrogens with one attached hydrogen (secondary N) is 3. The van der Waals surface area contributed by atoms with Crippen molar-refractivity contribution in [1.29, 1.82) is 0 Å². The van der Waals surface area contributed by atoms with Crippen LogP contribution in [-0.4, -0.2) is 28.4 Å². The fourth-order valence-electron chi connectivity index (χ4n) is 3.54. The van der Waals surface area contributed by atoms with Gasteiger partial charge in [0.1, 0.15) is 17.9 Å². The Kier molecular flexibility index (Phi) is 5.29. The lowest BCUT2D eigenvalue weighted by Crippen LogP contribution is -2.46. The van der Waals surface area contributed by atoms with Crippen molar-refractivity contribution in [3.63, 3.8) is 0 Å². The summed E-state index contributed by atoms with van der Waals surface area (Å²) in [5, 5.41) is 8.38. The molecule has 0 spiro atoms. The Hall–Kier alpha value is -3.94. The summed E-state index contributed by atoms with van der Waals surface area (Å²) in [7, 11) is 0. The Morgan fingerprint density at radius 1 is 1.13 bits per heavy atom. The van der Waals surface area contributed by atoms with E-state index in [1.807, 2.05) is 37.3 Å². The SMILES string of the molecule is Cc1cc(COc2ccc(NC(=O)CC3(C)NC(=O)NC3=O)cc2)c2ccccc2n1. The second-order valence-corrected chi connectivity index (χ2v) is 7.72. The molecule has 1 fully saturated rings.